The molecule has 3 nitrogen and oxygen atoms in total. The van der Waals surface area contributed by atoms with E-state index in [2.05, 4.69) is 41.2 Å². The molecule has 1 aliphatic heterocycles. The Labute approximate surface area is 165 Å². The Morgan fingerprint density at radius 1 is 1.22 bits per heavy atom. The molecule has 0 bridgehead atoms. The summed E-state index contributed by atoms with van der Waals surface area (Å²) < 4.78 is 5.54. The van der Waals surface area contributed by atoms with Crippen molar-refractivity contribution in [2.45, 2.75) is 24.7 Å². The highest BCUT2D eigenvalue weighted by atomic mass is 35.5. The summed E-state index contributed by atoms with van der Waals surface area (Å²) in [5.41, 5.74) is 5.52. The van der Waals surface area contributed by atoms with Gasteiger partial charge in [0.25, 0.3) is 0 Å². The van der Waals surface area contributed by atoms with E-state index in [1.54, 1.807) is 7.11 Å². The third-order valence-electron chi connectivity index (χ3n) is 6.81. The molecular weight excluding hydrogens is 356 g/mol. The second-order valence-corrected chi connectivity index (χ2v) is 8.63. The van der Waals surface area contributed by atoms with Crippen LogP contribution in [0.25, 0.3) is 10.9 Å². The van der Waals surface area contributed by atoms with Crippen molar-refractivity contribution in [3.8, 4) is 5.75 Å². The fourth-order valence-corrected chi connectivity index (χ4v) is 5.69. The normalized spacial score (nSPS) is 25.2. The standard InChI is InChI=1S/C23H25ClN2O/c1-26-10-9-23(15-5-3-6-17(11-15)27-2)13-21-18(12-16(23)14-26)22-19(24)7-4-8-20(22)25-21/h3-8,11,16,25H,9-10,12-14H2,1-2H3/t16?,23-/m1/s1. The molecule has 0 amide bonds. The largest absolute Gasteiger partial charge is 0.497 e. The summed E-state index contributed by atoms with van der Waals surface area (Å²) in [6, 6.07) is 14.9. The summed E-state index contributed by atoms with van der Waals surface area (Å²) in [6.45, 7) is 2.25. The molecule has 1 N–H and O–H groups in total. The number of hydrogen-bond acceptors (Lipinski definition) is 2. The van der Waals surface area contributed by atoms with Gasteiger partial charge in [0.05, 0.1) is 12.1 Å². The molecule has 1 aliphatic carbocycles. The maximum absolute atomic E-state index is 6.58. The molecule has 4 heteroatoms. The first-order valence-corrected chi connectivity index (χ1v) is 10.1. The van der Waals surface area contributed by atoms with Crippen LogP contribution in [0.4, 0.5) is 0 Å². The number of rotatable bonds is 2. The third kappa shape index (κ3) is 2.60. The van der Waals surface area contributed by atoms with E-state index in [1.807, 2.05) is 18.2 Å². The molecule has 2 aliphatic rings. The summed E-state index contributed by atoms with van der Waals surface area (Å²) in [5, 5.41) is 2.09. The second-order valence-electron chi connectivity index (χ2n) is 8.22. The van der Waals surface area contributed by atoms with Gasteiger partial charge in [0.15, 0.2) is 0 Å². The first kappa shape index (κ1) is 17.2. The lowest BCUT2D eigenvalue weighted by atomic mass is 9.59. The van der Waals surface area contributed by atoms with Crippen LogP contribution in [0.15, 0.2) is 42.5 Å². The van der Waals surface area contributed by atoms with Gasteiger partial charge in [-0.05, 0) is 74.2 Å². The molecule has 5 rings (SSSR count). The van der Waals surface area contributed by atoms with Crippen LogP contribution in [0.2, 0.25) is 5.02 Å². The molecule has 1 unspecified atom stereocenters. The van der Waals surface area contributed by atoms with E-state index in [1.165, 1.54) is 34.1 Å². The number of hydrogen-bond donors (Lipinski definition) is 1. The maximum Gasteiger partial charge on any atom is 0.119 e. The number of H-pyrrole nitrogens is 1. The molecule has 3 aromatic rings. The first-order valence-electron chi connectivity index (χ1n) is 9.72. The van der Waals surface area contributed by atoms with Crippen molar-refractivity contribution in [3.63, 3.8) is 0 Å². The number of ether oxygens (including phenoxy) is 1. The Morgan fingerprint density at radius 3 is 2.93 bits per heavy atom. The van der Waals surface area contributed by atoms with Crippen LogP contribution in [0.3, 0.4) is 0 Å². The average molecular weight is 381 g/mol. The lowest BCUT2D eigenvalue weighted by Gasteiger charge is -2.50. The smallest absolute Gasteiger partial charge is 0.119 e. The number of methoxy groups -OCH3 is 1. The molecule has 27 heavy (non-hydrogen) atoms. The summed E-state index contributed by atoms with van der Waals surface area (Å²) in [7, 11) is 3.99. The van der Waals surface area contributed by atoms with Crippen molar-refractivity contribution in [1.29, 1.82) is 0 Å². The zero-order chi connectivity index (χ0) is 18.6. The Bertz CT molecular complexity index is 1010. The molecule has 140 valence electrons. The fourth-order valence-electron chi connectivity index (χ4n) is 5.41. The van der Waals surface area contributed by atoms with Crippen LogP contribution in [0.1, 0.15) is 23.2 Å². The van der Waals surface area contributed by atoms with E-state index in [0.717, 1.165) is 36.7 Å². The zero-order valence-corrected chi connectivity index (χ0v) is 16.6. The summed E-state index contributed by atoms with van der Waals surface area (Å²) >= 11 is 6.58. The molecule has 2 atom stereocenters. The van der Waals surface area contributed by atoms with Crippen molar-refractivity contribution in [2.24, 2.45) is 5.92 Å². The molecule has 0 radical (unpaired) electrons. The number of aromatic amines is 1. The van der Waals surface area contributed by atoms with Crippen molar-refractivity contribution in [3.05, 3.63) is 64.3 Å². The Kier molecular flexibility index (Phi) is 3.99. The van der Waals surface area contributed by atoms with E-state index >= 15 is 0 Å². The van der Waals surface area contributed by atoms with Gasteiger partial charge in [-0.3, -0.25) is 0 Å². The van der Waals surface area contributed by atoms with Gasteiger partial charge in [-0.25, -0.2) is 0 Å². The first-order chi connectivity index (χ1) is 13.1. The molecule has 0 saturated carbocycles. The van der Waals surface area contributed by atoms with Gasteiger partial charge in [0, 0.05) is 28.6 Å². The van der Waals surface area contributed by atoms with Gasteiger partial charge >= 0.3 is 0 Å². The minimum absolute atomic E-state index is 0.154. The number of benzene rings is 2. The van der Waals surface area contributed by atoms with Gasteiger partial charge in [0.1, 0.15) is 5.75 Å². The van der Waals surface area contributed by atoms with Crippen LogP contribution in [-0.4, -0.2) is 37.1 Å². The minimum atomic E-state index is 0.154. The molecule has 1 aromatic heterocycles. The van der Waals surface area contributed by atoms with Crippen molar-refractivity contribution < 1.29 is 4.74 Å². The van der Waals surface area contributed by atoms with Crippen LogP contribution in [0.5, 0.6) is 5.75 Å². The predicted molar refractivity (Wildman–Crippen MR) is 111 cm³/mol. The van der Waals surface area contributed by atoms with Crippen LogP contribution in [0, 0.1) is 5.92 Å². The lowest BCUT2D eigenvalue weighted by molar-refractivity contribution is 0.0994. The van der Waals surface area contributed by atoms with Gasteiger partial charge in [0.2, 0.25) is 0 Å². The molecule has 2 aromatic carbocycles. The number of halogens is 1. The summed E-state index contributed by atoms with van der Waals surface area (Å²) in [6.07, 6.45) is 3.28. The van der Waals surface area contributed by atoms with Crippen LogP contribution < -0.4 is 4.74 Å². The Hall–Kier alpha value is -1.97. The highest BCUT2D eigenvalue weighted by Gasteiger charge is 2.47. The van der Waals surface area contributed by atoms with E-state index < -0.39 is 0 Å². The third-order valence-corrected chi connectivity index (χ3v) is 7.12. The fraction of sp³-hybridized carbons (Fsp3) is 0.391. The molecule has 1 fully saturated rings. The number of fused-ring (bicyclic) bond motifs is 4. The maximum atomic E-state index is 6.58. The Morgan fingerprint density at radius 2 is 2.07 bits per heavy atom. The van der Waals surface area contributed by atoms with Gasteiger partial charge in [-0.2, -0.15) is 0 Å². The molecule has 0 spiro atoms. The summed E-state index contributed by atoms with van der Waals surface area (Å²) in [5.74, 6) is 1.52. The SMILES string of the molecule is COc1cccc([C@]23CCN(C)CC2Cc2c([nH]c4cccc(Cl)c24)C3)c1. The van der Waals surface area contributed by atoms with Crippen molar-refractivity contribution in [2.75, 3.05) is 27.2 Å². The highest BCUT2D eigenvalue weighted by Crippen LogP contribution is 2.50. The van der Waals surface area contributed by atoms with E-state index in [0.29, 0.717) is 5.92 Å². The zero-order valence-electron chi connectivity index (χ0n) is 15.9. The van der Waals surface area contributed by atoms with Gasteiger partial charge in [-0.1, -0.05) is 29.8 Å². The quantitative estimate of drug-likeness (QED) is 0.690. The average Bonchev–Trinajstić information content (AvgIpc) is 3.04. The van der Waals surface area contributed by atoms with Gasteiger partial charge < -0.3 is 14.6 Å². The predicted octanol–water partition coefficient (Wildman–Crippen LogP) is 4.82. The van der Waals surface area contributed by atoms with E-state index in [-0.39, 0.29) is 5.41 Å². The Balaban J connectivity index is 1.68. The number of likely N-dealkylation sites (tertiary alicyclic amines) is 1. The molecule has 1 saturated heterocycles. The monoisotopic (exact) mass is 380 g/mol. The number of piperidine rings is 1. The van der Waals surface area contributed by atoms with Gasteiger partial charge in [-0.15, -0.1) is 0 Å². The minimum Gasteiger partial charge on any atom is -0.497 e. The number of aromatic nitrogens is 1. The number of nitrogens with zero attached hydrogens (tertiary/aromatic N) is 1. The molecule has 2 heterocycles. The second kappa shape index (κ2) is 6.29. The van der Waals surface area contributed by atoms with Crippen LogP contribution >= 0.6 is 11.6 Å². The number of nitrogens with one attached hydrogen (secondary N) is 1. The molecular formula is C23H25ClN2O. The van der Waals surface area contributed by atoms with E-state index in [4.69, 9.17) is 16.3 Å². The van der Waals surface area contributed by atoms with Crippen LogP contribution in [-0.2, 0) is 18.3 Å². The van der Waals surface area contributed by atoms with E-state index in [9.17, 15) is 0 Å². The summed E-state index contributed by atoms with van der Waals surface area (Å²) in [4.78, 5) is 6.17. The highest BCUT2D eigenvalue weighted by molar-refractivity contribution is 6.35. The van der Waals surface area contributed by atoms with Crippen molar-refractivity contribution >= 4 is 22.5 Å². The lowest BCUT2D eigenvalue weighted by Crippen LogP contribution is -2.52. The topological polar surface area (TPSA) is 28.3 Å². The van der Waals surface area contributed by atoms with Crippen molar-refractivity contribution in [1.82, 2.24) is 9.88 Å².